The Balaban J connectivity index is 1.86. The van der Waals surface area contributed by atoms with Crippen LogP contribution in [0.4, 0.5) is 5.69 Å². The lowest BCUT2D eigenvalue weighted by atomic mass is 9.99. The third-order valence-electron chi connectivity index (χ3n) is 6.62. The molecule has 1 aliphatic rings. The second-order valence-electron chi connectivity index (χ2n) is 8.97. The Morgan fingerprint density at radius 2 is 1.76 bits per heavy atom. The monoisotopic (exact) mass is 467 g/mol. The smallest absolute Gasteiger partial charge is 0.257 e. The van der Waals surface area contributed by atoms with E-state index in [2.05, 4.69) is 24.0 Å². The van der Waals surface area contributed by atoms with Crippen LogP contribution >= 0.6 is 0 Å². The minimum absolute atomic E-state index is 0.603. The van der Waals surface area contributed by atoms with Crippen LogP contribution in [0, 0.1) is 12.8 Å². The summed E-state index contributed by atoms with van der Waals surface area (Å²) in [5, 5.41) is 4.92. The molecule has 0 aliphatic carbocycles. The molecule has 0 unspecified atom stereocenters. The van der Waals surface area contributed by atoms with Crippen LogP contribution in [0.15, 0.2) is 30.3 Å². The Morgan fingerprint density at radius 1 is 1.06 bits per heavy atom. The van der Waals surface area contributed by atoms with Crippen molar-refractivity contribution in [1.82, 2.24) is 9.61 Å². The molecule has 2 aromatic heterocycles. The summed E-state index contributed by atoms with van der Waals surface area (Å²) in [6, 6.07) is 10.3. The van der Waals surface area contributed by atoms with E-state index in [1.54, 1.807) is 21.3 Å². The number of hydrogen-bond donors (Lipinski definition) is 0. The van der Waals surface area contributed by atoms with Gasteiger partial charge in [0.1, 0.15) is 17.2 Å². The van der Waals surface area contributed by atoms with E-state index in [9.17, 15) is 0 Å². The highest BCUT2D eigenvalue weighted by Gasteiger charge is 2.26. The number of aryl methyl sites for hydroxylation is 1. The second-order valence-corrected chi connectivity index (χ2v) is 8.97. The predicted molar refractivity (Wildman–Crippen MR) is 136 cm³/mol. The molecule has 1 aromatic carbocycles. The molecule has 0 saturated carbocycles. The van der Waals surface area contributed by atoms with E-state index in [1.165, 1.54) is 0 Å². The third kappa shape index (κ3) is 4.80. The molecule has 34 heavy (non-hydrogen) atoms. The van der Waals surface area contributed by atoms with Gasteiger partial charge in [-0.05, 0) is 61.9 Å². The zero-order valence-corrected chi connectivity index (χ0v) is 21.1. The first-order valence-electron chi connectivity index (χ1n) is 12.2. The summed E-state index contributed by atoms with van der Waals surface area (Å²) in [6.45, 7) is 7.89. The van der Waals surface area contributed by atoms with Crippen LogP contribution in [0.1, 0.15) is 38.2 Å². The Labute approximate surface area is 202 Å². The van der Waals surface area contributed by atoms with Gasteiger partial charge < -0.3 is 23.8 Å². The van der Waals surface area contributed by atoms with E-state index in [0.29, 0.717) is 11.8 Å². The topological polar surface area (TPSA) is 57.5 Å². The number of benzene rings is 1. The Kier molecular flexibility index (Phi) is 7.83. The van der Waals surface area contributed by atoms with Crippen LogP contribution in [0.2, 0.25) is 0 Å². The van der Waals surface area contributed by atoms with Crippen LogP contribution in [0.3, 0.4) is 0 Å². The number of methoxy groups -OCH3 is 3. The highest BCUT2D eigenvalue weighted by Crippen LogP contribution is 2.42. The fourth-order valence-electron chi connectivity index (χ4n) is 4.84. The largest absolute Gasteiger partial charge is 0.496 e. The molecular weight excluding hydrogens is 430 g/mol. The number of nitrogens with zero attached hydrogens (tertiary/aromatic N) is 3. The fourth-order valence-corrected chi connectivity index (χ4v) is 4.84. The van der Waals surface area contributed by atoms with Crippen LogP contribution in [-0.4, -0.2) is 57.2 Å². The summed E-state index contributed by atoms with van der Waals surface area (Å²) >= 11 is 0. The number of hydrogen-bond acceptors (Lipinski definition) is 6. The maximum absolute atomic E-state index is 5.84. The summed E-state index contributed by atoms with van der Waals surface area (Å²) in [7, 11) is 5.07. The number of pyridine rings is 1. The molecular formula is C27H37N3O4. The van der Waals surface area contributed by atoms with Gasteiger partial charge in [0.15, 0.2) is 0 Å². The number of aromatic nitrogens is 2. The van der Waals surface area contributed by atoms with E-state index in [1.807, 2.05) is 29.6 Å². The van der Waals surface area contributed by atoms with Crippen molar-refractivity contribution in [3.05, 3.63) is 35.9 Å². The molecule has 3 aromatic rings. The SMILES string of the molecule is CCCCN(CC1CCOCC1)c1c(OC)nn2c(-c3c(OC)cc(C)cc3OC)cccc12. The molecule has 0 amide bonds. The van der Waals surface area contributed by atoms with Crippen molar-refractivity contribution in [2.45, 2.75) is 39.5 Å². The van der Waals surface area contributed by atoms with Crippen molar-refractivity contribution in [2.24, 2.45) is 5.92 Å². The van der Waals surface area contributed by atoms with Crippen molar-refractivity contribution < 1.29 is 18.9 Å². The van der Waals surface area contributed by atoms with Gasteiger partial charge in [-0.25, -0.2) is 4.52 Å². The standard InChI is InChI=1S/C27H37N3O4/c1-6-7-13-29(18-20-11-14-34-15-12-20)26-22-10-8-9-21(30(22)28-27(26)33-5)25-23(31-3)16-19(2)17-24(25)32-4/h8-10,16-17,20H,6-7,11-15,18H2,1-5H3. The molecule has 7 heteroatoms. The van der Waals surface area contributed by atoms with E-state index >= 15 is 0 Å². The molecule has 1 saturated heterocycles. The molecule has 1 aliphatic heterocycles. The predicted octanol–water partition coefficient (Wildman–Crippen LogP) is 5.37. The Morgan fingerprint density at radius 3 is 2.38 bits per heavy atom. The summed E-state index contributed by atoms with van der Waals surface area (Å²) < 4.78 is 24.9. The normalized spacial score (nSPS) is 14.4. The number of anilines is 1. The minimum Gasteiger partial charge on any atom is -0.496 e. The lowest BCUT2D eigenvalue weighted by Gasteiger charge is -2.31. The van der Waals surface area contributed by atoms with Crippen molar-refractivity contribution in [2.75, 3.05) is 52.5 Å². The molecule has 0 spiro atoms. The number of ether oxygens (including phenoxy) is 4. The van der Waals surface area contributed by atoms with Gasteiger partial charge in [0, 0.05) is 26.3 Å². The molecule has 1 fully saturated rings. The lowest BCUT2D eigenvalue weighted by molar-refractivity contribution is 0.0682. The van der Waals surface area contributed by atoms with Gasteiger partial charge in [-0.3, -0.25) is 0 Å². The molecule has 7 nitrogen and oxygen atoms in total. The first-order chi connectivity index (χ1) is 16.6. The maximum Gasteiger partial charge on any atom is 0.257 e. The van der Waals surface area contributed by atoms with E-state index in [4.69, 9.17) is 24.0 Å². The van der Waals surface area contributed by atoms with E-state index in [-0.39, 0.29) is 0 Å². The maximum atomic E-state index is 5.84. The average Bonchev–Trinajstić information content (AvgIpc) is 3.25. The minimum atomic E-state index is 0.603. The zero-order chi connectivity index (χ0) is 24.1. The van der Waals surface area contributed by atoms with Crippen LogP contribution < -0.4 is 19.1 Å². The van der Waals surface area contributed by atoms with Crippen molar-refractivity contribution >= 4 is 11.2 Å². The van der Waals surface area contributed by atoms with E-state index in [0.717, 1.165) is 91.5 Å². The van der Waals surface area contributed by atoms with Gasteiger partial charge >= 0.3 is 0 Å². The molecule has 0 radical (unpaired) electrons. The summed E-state index contributed by atoms with van der Waals surface area (Å²) in [6.07, 6.45) is 4.43. The summed E-state index contributed by atoms with van der Waals surface area (Å²) in [5.74, 6) is 2.75. The van der Waals surface area contributed by atoms with Crippen molar-refractivity contribution in [3.63, 3.8) is 0 Å². The molecule has 0 atom stereocenters. The summed E-state index contributed by atoms with van der Waals surface area (Å²) in [4.78, 5) is 2.47. The average molecular weight is 468 g/mol. The highest BCUT2D eigenvalue weighted by atomic mass is 16.5. The first-order valence-corrected chi connectivity index (χ1v) is 12.2. The number of unbranched alkanes of at least 4 members (excludes halogenated alkanes) is 1. The molecule has 184 valence electrons. The Hall–Kier alpha value is -2.93. The Bertz CT molecular complexity index is 1080. The van der Waals surface area contributed by atoms with Gasteiger partial charge in [0.2, 0.25) is 0 Å². The second kappa shape index (κ2) is 11.0. The first kappa shape index (κ1) is 24.2. The van der Waals surface area contributed by atoms with Crippen molar-refractivity contribution in [3.8, 4) is 28.6 Å². The molecule has 3 heterocycles. The lowest BCUT2D eigenvalue weighted by Crippen LogP contribution is -2.33. The molecule has 4 rings (SSSR count). The number of fused-ring (bicyclic) bond motifs is 1. The zero-order valence-electron chi connectivity index (χ0n) is 21.1. The quantitative estimate of drug-likeness (QED) is 0.400. The van der Waals surface area contributed by atoms with Crippen LogP contribution in [0.25, 0.3) is 16.8 Å². The van der Waals surface area contributed by atoms with Gasteiger partial charge in [0.25, 0.3) is 5.88 Å². The molecule has 0 bridgehead atoms. The van der Waals surface area contributed by atoms with Crippen molar-refractivity contribution in [1.29, 1.82) is 0 Å². The fraction of sp³-hybridized carbons (Fsp3) is 0.519. The summed E-state index contributed by atoms with van der Waals surface area (Å²) in [5.41, 5.74) is 4.92. The van der Waals surface area contributed by atoms with Gasteiger partial charge in [-0.2, -0.15) is 0 Å². The van der Waals surface area contributed by atoms with E-state index < -0.39 is 0 Å². The van der Waals surface area contributed by atoms with Gasteiger partial charge in [0.05, 0.1) is 38.1 Å². The van der Waals surface area contributed by atoms with Gasteiger partial charge in [-0.15, -0.1) is 5.10 Å². The third-order valence-corrected chi connectivity index (χ3v) is 6.62. The van der Waals surface area contributed by atoms with Gasteiger partial charge in [-0.1, -0.05) is 19.4 Å². The van der Waals surface area contributed by atoms with Crippen LogP contribution in [-0.2, 0) is 4.74 Å². The van der Waals surface area contributed by atoms with Crippen LogP contribution in [0.5, 0.6) is 17.4 Å². The number of rotatable bonds is 10. The highest BCUT2D eigenvalue weighted by molar-refractivity contribution is 5.84. The molecule has 0 N–H and O–H groups in total.